The number of rotatable bonds is 7. The molecule has 0 saturated heterocycles. The van der Waals surface area contributed by atoms with E-state index in [1.807, 2.05) is 26.0 Å². The molecule has 0 fully saturated rings. The third-order valence-electron chi connectivity index (χ3n) is 3.81. The van der Waals surface area contributed by atoms with Crippen molar-refractivity contribution in [1.82, 2.24) is 0 Å². The lowest BCUT2D eigenvalue weighted by atomic mass is 9.78. The van der Waals surface area contributed by atoms with Crippen molar-refractivity contribution in [3.05, 3.63) is 29.3 Å². The average Bonchev–Trinajstić information content (AvgIpc) is 2.36. The third-order valence-corrected chi connectivity index (χ3v) is 3.81. The monoisotopic (exact) mass is 276 g/mol. The summed E-state index contributed by atoms with van der Waals surface area (Å²) in [7, 11) is 0. The van der Waals surface area contributed by atoms with Gasteiger partial charge < -0.3 is 11.1 Å². The van der Waals surface area contributed by atoms with E-state index in [1.165, 1.54) is 0 Å². The predicted molar refractivity (Wildman–Crippen MR) is 85.8 cm³/mol. The molecule has 0 bridgehead atoms. The van der Waals surface area contributed by atoms with E-state index >= 15 is 0 Å². The van der Waals surface area contributed by atoms with Crippen LogP contribution in [0.4, 0.5) is 5.69 Å². The van der Waals surface area contributed by atoms with E-state index in [-0.39, 0.29) is 5.91 Å². The Kier molecular flexibility index (Phi) is 6.21. The first-order valence-electron chi connectivity index (χ1n) is 7.57. The number of hydrogen-bond donors (Lipinski definition) is 2. The summed E-state index contributed by atoms with van der Waals surface area (Å²) in [5.41, 5.74) is 8.69. The summed E-state index contributed by atoms with van der Waals surface area (Å²) in [4.78, 5) is 12.7. The van der Waals surface area contributed by atoms with Gasteiger partial charge in [0.05, 0.1) is 5.41 Å². The SMILES string of the molecule is CCCC(CN)(CCC)C(=O)Nc1cc(C)cc(C)c1. The Labute approximate surface area is 122 Å². The molecular weight excluding hydrogens is 248 g/mol. The molecule has 0 heterocycles. The smallest absolute Gasteiger partial charge is 0.231 e. The molecule has 1 rings (SSSR count). The van der Waals surface area contributed by atoms with Gasteiger partial charge in [0.2, 0.25) is 5.91 Å². The molecule has 0 aromatic heterocycles. The van der Waals surface area contributed by atoms with Crippen LogP contribution in [0.15, 0.2) is 18.2 Å². The minimum Gasteiger partial charge on any atom is -0.329 e. The van der Waals surface area contributed by atoms with Crippen molar-refractivity contribution in [2.24, 2.45) is 11.1 Å². The highest BCUT2D eigenvalue weighted by Gasteiger charge is 2.35. The fourth-order valence-electron chi connectivity index (χ4n) is 2.92. The molecule has 0 spiro atoms. The van der Waals surface area contributed by atoms with Crippen molar-refractivity contribution >= 4 is 11.6 Å². The van der Waals surface area contributed by atoms with Crippen LogP contribution >= 0.6 is 0 Å². The molecule has 112 valence electrons. The van der Waals surface area contributed by atoms with E-state index in [9.17, 15) is 4.79 Å². The number of nitrogens with two attached hydrogens (primary N) is 1. The fraction of sp³-hybridized carbons (Fsp3) is 0.588. The zero-order chi connectivity index (χ0) is 15.2. The Morgan fingerprint density at radius 2 is 1.60 bits per heavy atom. The van der Waals surface area contributed by atoms with E-state index in [2.05, 4.69) is 25.2 Å². The number of benzene rings is 1. The van der Waals surface area contributed by atoms with E-state index < -0.39 is 5.41 Å². The zero-order valence-electron chi connectivity index (χ0n) is 13.3. The maximum absolute atomic E-state index is 12.7. The molecule has 20 heavy (non-hydrogen) atoms. The van der Waals surface area contributed by atoms with Gasteiger partial charge in [-0.3, -0.25) is 4.79 Å². The van der Waals surface area contributed by atoms with Crippen LogP contribution in [-0.4, -0.2) is 12.5 Å². The second-order valence-electron chi connectivity index (χ2n) is 5.81. The van der Waals surface area contributed by atoms with Crippen molar-refractivity contribution in [3.8, 4) is 0 Å². The molecule has 0 atom stereocenters. The van der Waals surface area contributed by atoms with Gasteiger partial charge in [-0.1, -0.05) is 32.8 Å². The number of hydrogen-bond acceptors (Lipinski definition) is 2. The van der Waals surface area contributed by atoms with Gasteiger partial charge in [-0.15, -0.1) is 0 Å². The molecule has 3 N–H and O–H groups in total. The first-order valence-corrected chi connectivity index (χ1v) is 7.57. The molecule has 0 aliphatic heterocycles. The number of nitrogens with one attached hydrogen (secondary N) is 1. The Morgan fingerprint density at radius 3 is 2.00 bits per heavy atom. The summed E-state index contributed by atoms with van der Waals surface area (Å²) >= 11 is 0. The van der Waals surface area contributed by atoms with Crippen LogP contribution in [-0.2, 0) is 4.79 Å². The Morgan fingerprint density at radius 1 is 1.10 bits per heavy atom. The predicted octanol–water partition coefficient (Wildman–Crippen LogP) is 3.79. The largest absolute Gasteiger partial charge is 0.329 e. The minimum atomic E-state index is -0.429. The van der Waals surface area contributed by atoms with Crippen molar-refractivity contribution in [1.29, 1.82) is 0 Å². The molecule has 0 aliphatic carbocycles. The summed E-state index contributed by atoms with van der Waals surface area (Å²) in [6, 6.07) is 6.11. The first kappa shape index (κ1) is 16.7. The van der Waals surface area contributed by atoms with E-state index in [0.717, 1.165) is 42.5 Å². The Bertz CT molecular complexity index is 428. The molecule has 3 nitrogen and oxygen atoms in total. The Balaban J connectivity index is 2.95. The summed E-state index contributed by atoms with van der Waals surface area (Å²) < 4.78 is 0. The molecule has 0 radical (unpaired) electrons. The van der Waals surface area contributed by atoms with Crippen LogP contribution in [0.5, 0.6) is 0 Å². The van der Waals surface area contributed by atoms with E-state index in [4.69, 9.17) is 5.73 Å². The van der Waals surface area contributed by atoms with Gasteiger partial charge in [0, 0.05) is 12.2 Å². The van der Waals surface area contributed by atoms with Crippen LogP contribution in [0.25, 0.3) is 0 Å². The molecule has 0 aliphatic rings. The van der Waals surface area contributed by atoms with E-state index in [1.54, 1.807) is 0 Å². The lowest BCUT2D eigenvalue weighted by Gasteiger charge is -2.30. The van der Waals surface area contributed by atoms with Crippen molar-refractivity contribution < 1.29 is 4.79 Å². The molecule has 3 heteroatoms. The Hall–Kier alpha value is -1.35. The standard InChI is InChI=1S/C17H28N2O/c1-5-7-17(12-18,8-6-2)16(20)19-15-10-13(3)9-14(4)11-15/h9-11H,5-8,12,18H2,1-4H3,(H,19,20). The molecule has 1 aromatic rings. The molecular formula is C17H28N2O. The number of carbonyl (C=O) groups is 1. The van der Waals surface area contributed by atoms with Gasteiger partial charge in [-0.2, -0.15) is 0 Å². The number of anilines is 1. The third kappa shape index (κ3) is 4.07. The van der Waals surface area contributed by atoms with Crippen LogP contribution in [0, 0.1) is 19.3 Å². The zero-order valence-corrected chi connectivity index (χ0v) is 13.3. The number of aryl methyl sites for hydroxylation is 2. The van der Waals surface area contributed by atoms with Gasteiger partial charge in [-0.05, 0) is 49.9 Å². The van der Waals surface area contributed by atoms with Gasteiger partial charge >= 0.3 is 0 Å². The summed E-state index contributed by atoms with van der Waals surface area (Å²) in [5, 5.41) is 3.07. The van der Waals surface area contributed by atoms with Crippen molar-refractivity contribution in [2.45, 2.75) is 53.4 Å². The maximum atomic E-state index is 12.7. The second-order valence-corrected chi connectivity index (χ2v) is 5.81. The quantitative estimate of drug-likeness (QED) is 0.796. The average molecular weight is 276 g/mol. The normalized spacial score (nSPS) is 11.4. The number of carbonyl (C=O) groups excluding carboxylic acids is 1. The summed E-state index contributed by atoms with van der Waals surface area (Å²) in [6.07, 6.45) is 3.62. The first-order chi connectivity index (χ1) is 9.47. The number of amides is 1. The molecule has 1 aromatic carbocycles. The molecule has 0 unspecified atom stereocenters. The van der Waals surface area contributed by atoms with Gasteiger partial charge in [-0.25, -0.2) is 0 Å². The lowest BCUT2D eigenvalue weighted by Crippen LogP contribution is -2.42. The second kappa shape index (κ2) is 7.44. The van der Waals surface area contributed by atoms with Gasteiger partial charge in [0.25, 0.3) is 0 Å². The fourth-order valence-corrected chi connectivity index (χ4v) is 2.92. The van der Waals surface area contributed by atoms with Crippen LogP contribution < -0.4 is 11.1 Å². The highest BCUT2D eigenvalue weighted by Crippen LogP contribution is 2.30. The van der Waals surface area contributed by atoms with Crippen LogP contribution in [0.3, 0.4) is 0 Å². The van der Waals surface area contributed by atoms with Crippen LogP contribution in [0.1, 0.15) is 50.7 Å². The summed E-state index contributed by atoms with van der Waals surface area (Å²) in [6.45, 7) is 8.69. The highest BCUT2D eigenvalue weighted by molar-refractivity contribution is 5.95. The summed E-state index contributed by atoms with van der Waals surface area (Å²) in [5.74, 6) is 0.0636. The minimum absolute atomic E-state index is 0.0636. The van der Waals surface area contributed by atoms with Crippen LogP contribution in [0.2, 0.25) is 0 Å². The maximum Gasteiger partial charge on any atom is 0.231 e. The van der Waals surface area contributed by atoms with Crippen molar-refractivity contribution in [2.75, 3.05) is 11.9 Å². The topological polar surface area (TPSA) is 55.1 Å². The lowest BCUT2D eigenvalue weighted by molar-refractivity contribution is -0.126. The molecule has 0 saturated carbocycles. The van der Waals surface area contributed by atoms with Crippen molar-refractivity contribution in [3.63, 3.8) is 0 Å². The van der Waals surface area contributed by atoms with E-state index in [0.29, 0.717) is 6.54 Å². The molecule has 1 amide bonds. The van der Waals surface area contributed by atoms with Gasteiger partial charge in [0.15, 0.2) is 0 Å². The highest BCUT2D eigenvalue weighted by atomic mass is 16.2. The van der Waals surface area contributed by atoms with Gasteiger partial charge in [0.1, 0.15) is 0 Å².